The van der Waals surface area contributed by atoms with Crippen LogP contribution in [0.4, 0.5) is 4.39 Å². The molecule has 1 N–H and O–H groups in total. The quantitative estimate of drug-likeness (QED) is 0.826. The minimum atomic E-state index is -3.84. The van der Waals surface area contributed by atoms with Gasteiger partial charge in [0.25, 0.3) is 0 Å². The lowest BCUT2D eigenvalue weighted by Crippen LogP contribution is -2.48. The minimum absolute atomic E-state index is 0.267. The Morgan fingerprint density at radius 2 is 1.75 bits per heavy atom. The highest BCUT2D eigenvalue weighted by Gasteiger charge is 2.30. The van der Waals surface area contributed by atoms with Crippen molar-refractivity contribution >= 4 is 10.0 Å². The molecule has 152 valence electrons. The number of aromatic hydroxyl groups is 1. The predicted molar refractivity (Wildman–Crippen MR) is 107 cm³/mol. The van der Waals surface area contributed by atoms with E-state index in [-0.39, 0.29) is 10.6 Å². The van der Waals surface area contributed by atoms with Crippen LogP contribution in [0.1, 0.15) is 36.5 Å². The molecule has 1 fully saturated rings. The van der Waals surface area contributed by atoms with E-state index in [0.29, 0.717) is 38.6 Å². The number of hydrogen-bond acceptors (Lipinski definition) is 4. The van der Waals surface area contributed by atoms with Crippen LogP contribution in [0, 0.1) is 12.7 Å². The zero-order valence-corrected chi connectivity index (χ0v) is 17.3. The number of rotatable bonds is 5. The van der Waals surface area contributed by atoms with Crippen LogP contribution in [0.3, 0.4) is 0 Å². The third kappa shape index (κ3) is 4.21. The molecule has 5 nitrogen and oxygen atoms in total. The van der Waals surface area contributed by atoms with Crippen molar-refractivity contribution in [1.82, 2.24) is 9.21 Å². The summed E-state index contributed by atoms with van der Waals surface area (Å²) >= 11 is 0. The van der Waals surface area contributed by atoms with Gasteiger partial charge in [-0.25, -0.2) is 12.8 Å². The van der Waals surface area contributed by atoms with Crippen LogP contribution in [0.2, 0.25) is 0 Å². The van der Waals surface area contributed by atoms with Crippen LogP contribution < -0.4 is 0 Å². The van der Waals surface area contributed by atoms with Crippen molar-refractivity contribution < 1.29 is 17.9 Å². The fraction of sp³-hybridized carbons (Fsp3) is 0.429. The largest absolute Gasteiger partial charge is 0.508 e. The summed E-state index contributed by atoms with van der Waals surface area (Å²) in [5.74, 6) is -0.0962. The van der Waals surface area contributed by atoms with Gasteiger partial charge in [-0.15, -0.1) is 0 Å². The van der Waals surface area contributed by atoms with E-state index < -0.39 is 15.8 Å². The lowest BCUT2D eigenvalue weighted by molar-refractivity contribution is 0.180. The molecule has 1 heterocycles. The van der Waals surface area contributed by atoms with Gasteiger partial charge in [0.2, 0.25) is 10.0 Å². The van der Waals surface area contributed by atoms with Gasteiger partial charge in [-0.1, -0.05) is 32.0 Å². The molecule has 0 aliphatic carbocycles. The molecule has 0 saturated carbocycles. The van der Waals surface area contributed by atoms with Gasteiger partial charge >= 0.3 is 0 Å². The molecule has 28 heavy (non-hydrogen) atoms. The Hall–Kier alpha value is -1.96. The first-order valence-corrected chi connectivity index (χ1v) is 10.9. The highest BCUT2D eigenvalue weighted by Crippen LogP contribution is 2.29. The Morgan fingerprint density at radius 3 is 2.36 bits per heavy atom. The maximum atomic E-state index is 13.9. The van der Waals surface area contributed by atoms with Crippen LogP contribution in [-0.4, -0.2) is 48.9 Å². The van der Waals surface area contributed by atoms with Crippen LogP contribution in [0.15, 0.2) is 41.3 Å². The highest BCUT2D eigenvalue weighted by atomic mass is 32.2. The predicted octanol–water partition coefficient (Wildman–Crippen LogP) is 3.47. The lowest BCUT2D eigenvalue weighted by Gasteiger charge is -2.34. The molecule has 1 aliphatic heterocycles. The molecule has 0 radical (unpaired) electrons. The van der Waals surface area contributed by atoms with Crippen LogP contribution >= 0.6 is 0 Å². The summed E-state index contributed by atoms with van der Waals surface area (Å²) in [6.07, 6.45) is 0. The molecule has 1 saturated heterocycles. The van der Waals surface area contributed by atoms with Crippen LogP contribution in [0.25, 0.3) is 0 Å². The number of aryl methyl sites for hydroxylation is 1. The summed E-state index contributed by atoms with van der Waals surface area (Å²) in [4.78, 5) is 1.84. The average molecular weight is 407 g/mol. The Morgan fingerprint density at radius 1 is 1.11 bits per heavy atom. The lowest BCUT2D eigenvalue weighted by atomic mass is 9.95. The second-order valence-electron chi connectivity index (χ2n) is 7.60. The van der Waals surface area contributed by atoms with Gasteiger partial charge < -0.3 is 5.11 Å². The summed E-state index contributed by atoms with van der Waals surface area (Å²) in [5.41, 5.74) is 3.12. The Bertz CT molecular complexity index is 952. The van der Waals surface area contributed by atoms with Crippen molar-refractivity contribution in [3.05, 3.63) is 58.9 Å². The number of piperazine rings is 1. The first kappa shape index (κ1) is 20.8. The van der Waals surface area contributed by atoms with E-state index in [0.717, 1.165) is 17.2 Å². The molecule has 7 heteroatoms. The molecule has 2 aromatic carbocycles. The molecule has 0 atom stereocenters. The molecule has 0 bridgehead atoms. The second-order valence-corrected chi connectivity index (χ2v) is 9.51. The first-order valence-electron chi connectivity index (χ1n) is 9.49. The van der Waals surface area contributed by atoms with Crippen LogP contribution in [0.5, 0.6) is 5.75 Å². The van der Waals surface area contributed by atoms with Gasteiger partial charge in [0.15, 0.2) is 0 Å². The van der Waals surface area contributed by atoms with E-state index in [1.165, 1.54) is 28.1 Å². The second kappa shape index (κ2) is 8.19. The molecule has 2 aromatic rings. The smallest absolute Gasteiger partial charge is 0.246 e. The molecule has 3 rings (SSSR count). The Labute approximate surface area is 166 Å². The van der Waals surface area contributed by atoms with Gasteiger partial charge in [-0.3, -0.25) is 4.90 Å². The van der Waals surface area contributed by atoms with E-state index in [1.807, 2.05) is 13.0 Å². The van der Waals surface area contributed by atoms with E-state index in [9.17, 15) is 17.9 Å². The van der Waals surface area contributed by atoms with Crippen molar-refractivity contribution in [1.29, 1.82) is 0 Å². The van der Waals surface area contributed by atoms with E-state index in [4.69, 9.17) is 0 Å². The zero-order chi connectivity index (χ0) is 20.5. The number of halogens is 1. The normalized spacial score (nSPS) is 16.6. The molecule has 0 unspecified atom stereocenters. The number of nitrogens with zero attached hydrogens (tertiary/aromatic N) is 2. The van der Waals surface area contributed by atoms with Gasteiger partial charge in [-0.2, -0.15) is 4.31 Å². The van der Waals surface area contributed by atoms with Crippen molar-refractivity contribution in [3.8, 4) is 5.75 Å². The minimum Gasteiger partial charge on any atom is -0.508 e. The monoisotopic (exact) mass is 406 g/mol. The third-order valence-electron chi connectivity index (χ3n) is 5.27. The summed E-state index contributed by atoms with van der Waals surface area (Å²) in [7, 11) is -3.84. The van der Waals surface area contributed by atoms with Crippen molar-refractivity contribution in [2.45, 2.75) is 38.1 Å². The topological polar surface area (TPSA) is 60.9 Å². The average Bonchev–Trinajstić information content (AvgIpc) is 2.64. The number of benzene rings is 2. The van der Waals surface area contributed by atoms with Gasteiger partial charge in [0.1, 0.15) is 16.5 Å². The summed E-state index contributed by atoms with van der Waals surface area (Å²) in [6, 6.07) is 9.30. The summed E-state index contributed by atoms with van der Waals surface area (Å²) < 4.78 is 40.7. The molecule has 0 aromatic heterocycles. The fourth-order valence-electron chi connectivity index (χ4n) is 3.67. The standard InChI is InChI=1S/C21H27FN2O3S/c1-15(2)18-13-17(20(25)12-16(18)3)14-23-8-10-24(11-9-23)28(26,27)21-7-5-4-6-19(21)22/h4-7,12-13,15,25H,8-11,14H2,1-3H3. The number of hydrogen-bond donors (Lipinski definition) is 1. The van der Waals surface area contributed by atoms with Gasteiger partial charge in [0.05, 0.1) is 0 Å². The molecule has 0 spiro atoms. The Kier molecular flexibility index (Phi) is 6.07. The molecule has 1 aliphatic rings. The maximum absolute atomic E-state index is 13.9. The van der Waals surface area contributed by atoms with Crippen molar-refractivity contribution in [3.63, 3.8) is 0 Å². The zero-order valence-electron chi connectivity index (χ0n) is 16.5. The summed E-state index contributed by atoms with van der Waals surface area (Å²) in [5, 5.41) is 10.3. The van der Waals surface area contributed by atoms with Crippen LogP contribution in [-0.2, 0) is 16.6 Å². The molecule has 0 amide bonds. The number of phenols is 1. The fourth-order valence-corrected chi connectivity index (χ4v) is 5.15. The van der Waals surface area contributed by atoms with E-state index >= 15 is 0 Å². The molecular formula is C21H27FN2O3S. The summed E-state index contributed by atoms with van der Waals surface area (Å²) in [6.45, 7) is 8.42. The van der Waals surface area contributed by atoms with Gasteiger partial charge in [0, 0.05) is 38.3 Å². The van der Waals surface area contributed by atoms with E-state index in [2.05, 4.69) is 18.7 Å². The molecular weight excluding hydrogens is 379 g/mol. The van der Waals surface area contributed by atoms with Gasteiger partial charge in [-0.05, 0) is 42.2 Å². The first-order chi connectivity index (χ1) is 13.2. The van der Waals surface area contributed by atoms with Crippen molar-refractivity contribution in [2.24, 2.45) is 0 Å². The third-order valence-corrected chi connectivity index (χ3v) is 7.20. The maximum Gasteiger partial charge on any atom is 0.246 e. The highest BCUT2D eigenvalue weighted by molar-refractivity contribution is 7.89. The van der Waals surface area contributed by atoms with Crippen molar-refractivity contribution in [2.75, 3.05) is 26.2 Å². The number of sulfonamides is 1. The Balaban J connectivity index is 1.70. The van der Waals surface area contributed by atoms with E-state index in [1.54, 1.807) is 6.07 Å². The SMILES string of the molecule is Cc1cc(O)c(CN2CCN(S(=O)(=O)c3ccccc3F)CC2)cc1C(C)C. The number of phenolic OH excluding ortho intramolecular Hbond substituents is 1.